The third-order valence-electron chi connectivity index (χ3n) is 3.53. The molecule has 3 rings (SSSR count). The maximum atomic E-state index is 12.1. The van der Waals surface area contributed by atoms with Crippen LogP contribution in [0.1, 0.15) is 5.56 Å². The van der Waals surface area contributed by atoms with E-state index in [9.17, 15) is 14.9 Å². The fourth-order valence-electron chi connectivity index (χ4n) is 2.27. The van der Waals surface area contributed by atoms with Crippen LogP contribution in [0, 0.1) is 17.0 Å². The molecule has 0 unspecified atom stereocenters. The van der Waals surface area contributed by atoms with Crippen LogP contribution < -0.4 is 5.32 Å². The summed E-state index contributed by atoms with van der Waals surface area (Å²) in [5.41, 5.74) is 2.19. The molecule has 0 spiro atoms. The summed E-state index contributed by atoms with van der Waals surface area (Å²) in [5.74, 6) is 0.371. The zero-order valence-electron chi connectivity index (χ0n) is 14.1. The predicted octanol–water partition coefficient (Wildman–Crippen LogP) is 4.07. The number of anilines is 1. The monoisotopic (exact) mass is 403 g/mol. The van der Waals surface area contributed by atoms with Crippen molar-refractivity contribution >= 4 is 40.6 Å². The van der Waals surface area contributed by atoms with Gasteiger partial charge >= 0.3 is 0 Å². The molecule has 2 N–H and O–H groups in total. The summed E-state index contributed by atoms with van der Waals surface area (Å²) in [6.45, 7) is 1.99. The van der Waals surface area contributed by atoms with Gasteiger partial charge < -0.3 is 5.32 Å². The minimum Gasteiger partial charge on any atom is -0.324 e. The maximum absolute atomic E-state index is 12.1. The number of hydrogen-bond acceptors (Lipinski definition) is 6. The number of carbonyl (C=O) groups is 1. The minimum atomic E-state index is -0.553. The minimum absolute atomic E-state index is 0.0679. The van der Waals surface area contributed by atoms with Crippen LogP contribution in [0.15, 0.2) is 47.6 Å². The standard InChI is InChI=1S/C17H14ClN5O3S/c1-10-3-2-4-11(7-10)16-20-17(22-21-16)27-9-15(24)19-14-6-5-12(23(25)26)8-13(14)18/h2-8H,9H2,1H3,(H,19,24)(H,20,21,22). The van der Waals surface area contributed by atoms with Crippen LogP contribution in [0.4, 0.5) is 11.4 Å². The lowest BCUT2D eigenvalue weighted by atomic mass is 10.1. The molecule has 0 atom stereocenters. The number of carbonyl (C=O) groups excluding carboxylic acids is 1. The van der Waals surface area contributed by atoms with Gasteiger partial charge in [0.25, 0.3) is 5.69 Å². The van der Waals surface area contributed by atoms with Crippen molar-refractivity contribution in [2.45, 2.75) is 12.1 Å². The van der Waals surface area contributed by atoms with Gasteiger partial charge in [-0.1, -0.05) is 47.1 Å². The number of hydrogen-bond donors (Lipinski definition) is 2. The van der Waals surface area contributed by atoms with Crippen molar-refractivity contribution in [3.8, 4) is 11.4 Å². The van der Waals surface area contributed by atoms with E-state index in [2.05, 4.69) is 20.5 Å². The van der Waals surface area contributed by atoms with E-state index >= 15 is 0 Å². The molecule has 1 amide bonds. The molecule has 2 aromatic carbocycles. The highest BCUT2D eigenvalue weighted by molar-refractivity contribution is 7.99. The summed E-state index contributed by atoms with van der Waals surface area (Å²) in [5, 5.41) is 20.8. The van der Waals surface area contributed by atoms with E-state index in [1.165, 1.54) is 18.2 Å². The lowest BCUT2D eigenvalue weighted by molar-refractivity contribution is -0.384. The van der Waals surface area contributed by atoms with Gasteiger partial charge in [0.2, 0.25) is 11.1 Å². The average molecular weight is 404 g/mol. The Morgan fingerprint density at radius 2 is 2.15 bits per heavy atom. The molecule has 27 heavy (non-hydrogen) atoms. The van der Waals surface area contributed by atoms with Gasteiger partial charge in [0, 0.05) is 17.7 Å². The van der Waals surface area contributed by atoms with Crippen molar-refractivity contribution < 1.29 is 9.72 Å². The van der Waals surface area contributed by atoms with Crippen LogP contribution in [0.25, 0.3) is 11.4 Å². The molecule has 0 saturated heterocycles. The Balaban J connectivity index is 1.59. The number of rotatable bonds is 6. The number of amides is 1. The number of benzene rings is 2. The van der Waals surface area contributed by atoms with Crippen molar-refractivity contribution in [2.75, 3.05) is 11.1 Å². The summed E-state index contributed by atoms with van der Waals surface area (Å²) in [7, 11) is 0. The lowest BCUT2D eigenvalue weighted by Crippen LogP contribution is -2.14. The summed E-state index contributed by atoms with van der Waals surface area (Å²) in [4.78, 5) is 26.6. The molecule has 138 valence electrons. The van der Waals surface area contributed by atoms with E-state index in [0.29, 0.717) is 16.7 Å². The van der Waals surface area contributed by atoms with Crippen molar-refractivity contribution in [3.05, 3.63) is 63.2 Å². The Bertz CT molecular complexity index is 1010. The first-order chi connectivity index (χ1) is 12.9. The summed E-state index contributed by atoms with van der Waals surface area (Å²) in [6.07, 6.45) is 0. The highest BCUT2D eigenvalue weighted by Crippen LogP contribution is 2.27. The number of nitro benzene ring substituents is 1. The second-order valence-corrected chi connectivity index (χ2v) is 6.94. The van der Waals surface area contributed by atoms with E-state index < -0.39 is 4.92 Å². The number of H-pyrrole nitrogens is 1. The highest BCUT2D eigenvalue weighted by atomic mass is 35.5. The van der Waals surface area contributed by atoms with Crippen LogP contribution in [0.5, 0.6) is 0 Å². The Hall–Kier alpha value is -2.91. The van der Waals surface area contributed by atoms with Crippen LogP contribution in [0.3, 0.4) is 0 Å². The Labute approximate surface area is 163 Å². The second kappa shape index (κ2) is 8.19. The fraction of sp³-hybridized carbons (Fsp3) is 0.118. The Morgan fingerprint density at radius 1 is 1.33 bits per heavy atom. The number of thioether (sulfide) groups is 1. The first kappa shape index (κ1) is 18.9. The van der Waals surface area contributed by atoms with E-state index in [4.69, 9.17) is 11.6 Å². The van der Waals surface area contributed by atoms with Gasteiger partial charge in [-0.15, -0.1) is 5.10 Å². The van der Waals surface area contributed by atoms with Gasteiger partial charge in [-0.25, -0.2) is 4.98 Å². The largest absolute Gasteiger partial charge is 0.324 e. The molecule has 0 bridgehead atoms. The molecular formula is C17H14ClN5O3S. The van der Waals surface area contributed by atoms with Crippen LogP contribution in [-0.4, -0.2) is 31.8 Å². The maximum Gasteiger partial charge on any atom is 0.271 e. The zero-order valence-corrected chi connectivity index (χ0v) is 15.7. The van der Waals surface area contributed by atoms with Crippen LogP contribution in [0.2, 0.25) is 5.02 Å². The second-order valence-electron chi connectivity index (χ2n) is 5.59. The molecule has 1 aromatic heterocycles. The summed E-state index contributed by atoms with van der Waals surface area (Å²) in [6, 6.07) is 11.7. The SMILES string of the molecule is Cc1cccc(-c2nc(SCC(=O)Nc3ccc([N+](=O)[O-])cc3Cl)n[nH]2)c1. The third-order valence-corrected chi connectivity index (χ3v) is 4.69. The molecule has 0 aliphatic rings. The van der Waals surface area contributed by atoms with E-state index in [-0.39, 0.29) is 22.4 Å². The predicted molar refractivity (Wildman–Crippen MR) is 104 cm³/mol. The average Bonchev–Trinajstić information content (AvgIpc) is 3.10. The van der Waals surface area contributed by atoms with Gasteiger partial charge in [-0.3, -0.25) is 20.0 Å². The number of nitrogens with one attached hydrogen (secondary N) is 2. The summed E-state index contributed by atoms with van der Waals surface area (Å²) < 4.78 is 0. The molecule has 0 aliphatic heterocycles. The van der Waals surface area contributed by atoms with E-state index in [1.807, 2.05) is 31.2 Å². The van der Waals surface area contributed by atoms with Crippen LogP contribution in [-0.2, 0) is 4.79 Å². The van der Waals surface area contributed by atoms with Crippen molar-refractivity contribution in [2.24, 2.45) is 0 Å². The Kier molecular flexibility index (Phi) is 5.72. The topological polar surface area (TPSA) is 114 Å². The van der Waals surface area contributed by atoms with Crippen molar-refractivity contribution in [1.82, 2.24) is 15.2 Å². The first-order valence-electron chi connectivity index (χ1n) is 7.78. The normalized spacial score (nSPS) is 10.6. The van der Waals surface area contributed by atoms with Crippen molar-refractivity contribution in [3.63, 3.8) is 0 Å². The van der Waals surface area contributed by atoms with E-state index in [1.54, 1.807) is 0 Å². The number of non-ortho nitro benzene ring substituents is 1. The van der Waals surface area contributed by atoms with Crippen LogP contribution >= 0.6 is 23.4 Å². The Morgan fingerprint density at radius 3 is 2.85 bits per heavy atom. The lowest BCUT2D eigenvalue weighted by Gasteiger charge is -2.06. The van der Waals surface area contributed by atoms with Gasteiger partial charge in [-0.05, 0) is 19.1 Å². The number of nitro groups is 1. The smallest absolute Gasteiger partial charge is 0.271 e. The number of aryl methyl sites for hydroxylation is 1. The molecule has 8 nitrogen and oxygen atoms in total. The number of aromatic nitrogens is 3. The molecule has 0 aliphatic carbocycles. The number of halogens is 1. The molecule has 0 saturated carbocycles. The molecule has 3 aromatic rings. The quantitative estimate of drug-likeness (QED) is 0.364. The van der Waals surface area contributed by atoms with Crippen molar-refractivity contribution in [1.29, 1.82) is 0 Å². The van der Waals surface area contributed by atoms with Gasteiger partial charge in [0.15, 0.2) is 5.82 Å². The van der Waals surface area contributed by atoms with E-state index in [0.717, 1.165) is 22.9 Å². The van der Waals surface area contributed by atoms with Gasteiger partial charge in [0.05, 0.1) is 21.4 Å². The zero-order chi connectivity index (χ0) is 19.4. The molecular weight excluding hydrogens is 390 g/mol. The fourth-order valence-corrected chi connectivity index (χ4v) is 3.09. The molecule has 10 heteroatoms. The van der Waals surface area contributed by atoms with Gasteiger partial charge in [-0.2, -0.15) is 0 Å². The number of nitrogens with zero attached hydrogens (tertiary/aromatic N) is 3. The third kappa shape index (κ3) is 4.83. The molecule has 0 radical (unpaired) electrons. The molecule has 1 heterocycles. The van der Waals surface area contributed by atoms with Gasteiger partial charge in [0.1, 0.15) is 0 Å². The first-order valence-corrected chi connectivity index (χ1v) is 9.15. The number of aromatic amines is 1. The molecule has 0 fully saturated rings. The summed E-state index contributed by atoms with van der Waals surface area (Å²) >= 11 is 7.13. The highest BCUT2D eigenvalue weighted by Gasteiger charge is 2.13.